The summed E-state index contributed by atoms with van der Waals surface area (Å²) in [4.78, 5) is 16.5. The van der Waals surface area contributed by atoms with E-state index in [1.165, 1.54) is 18.2 Å². The average molecular weight is 498 g/mol. The molecule has 168 valence electrons. The van der Waals surface area contributed by atoms with Crippen LogP contribution in [0.5, 0.6) is 0 Å². The first-order valence-corrected chi connectivity index (χ1v) is 11.4. The fourth-order valence-electron chi connectivity index (χ4n) is 4.03. The molecule has 1 aromatic heterocycles. The van der Waals surface area contributed by atoms with E-state index in [2.05, 4.69) is 26.1 Å². The summed E-state index contributed by atoms with van der Waals surface area (Å²) in [5, 5.41) is 2.79. The van der Waals surface area contributed by atoms with E-state index in [0.717, 1.165) is 38.0 Å². The average Bonchev–Trinajstić information content (AvgIpc) is 3.21. The molecule has 0 unspecified atom stereocenters. The molecule has 0 saturated carbocycles. The third-order valence-corrected chi connectivity index (χ3v) is 6.11. The van der Waals surface area contributed by atoms with Gasteiger partial charge in [-0.05, 0) is 59.5 Å². The van der Waals surface area contributed by atoms with Crippen molar-refractivity contribution < 1.29 is 22.7 Å². The van der Waals surface area contributed by atoms with E-state index >= 15 is 8.78 Å². The minimum absolute atomic E-state index is 0.113. The Labute approximate surface area is 188 Å². The molecule has 6 nitrogen and oxygen atoms in total. The number of hydrogen-bond donors (Lipinski definition) is 1. The number of rotatable bonds is 6. The summed E-state index contributed by atoms with van der Waals surface area (Å²) < 4.78 is 41.3. The molecule has 9 heteroatoms. The van der Waals surface area contributed by atoms with Crippen LogP contribution in [-0.2, 0) is 10.7 Å². The monoisotopic (exact) mass is 497 g/mol. The van der Waals surface area contributed by atoms with E-state index in [9.17, 15) is 4.79 Å². The number of carbonyl (C=O) groups is 1. The van der Waals surface area contributed by atoms with E-state index in [1.807, 2.05) is 0 Å². The molecule has 2 saturated heterocycles. The minimum atomic E-state index is -3.05. The van der Waals surface area contributed by atoms with Gasteiger partial charge in [-0.2, -0.15) is 8.78 Å². The first-order chi connectivity index (χ1) is 14.9. The summed E-state index contributed by atoms with van der Waals surface area (Å²) in [6.45, 7) is 3.18. The summed E-state index contributed by atoms with van der Waals surface area (Å²) in [5.41, 5.74) is 1.01. The fraction of sp³-hybridized carbons (Fsp3) is 0.500. The number of anilines is 2. The van der Waals surface area contributed by atoms with Crippen LogP contribution in [0.2, 0.25) is 0 Å². The zero-order valence-electron chi connectivity index (χ0n) is 17.2. The number of piperidine rings is 1. The highest BCUT2D eigenvalue weighted by Crippen LogP contribution is 2.36. The van der Waals surface area contributed by atoms with Gasteiger partial charge in [-0.3, -0.25) is 9.69 Å². The number of hydrogen-bond acceptors (Lipinski definition) is 5. The van der Waals surface area contributed by atoms with Crippen molar-refractivity contribution in [1.29, 1.82) is 0 Å². The van der Waals surface area contributed by atoms with Crippen molar-refractivity contribution in [3.05, 3.63) is 46.3 Å². The molecule has 2 aliphatic rings. The van der Waals surface area contributed by atoms with Gasteiger partial charge >= 0.3 is 0 Å². The van der Waals surface area contributed by atoms with Gasteiger partial charge in [0.05, 0.1) is 31.1 Å². The molecular formula is C22H26BrF2N3O3. The molecule has 1 aromatic carbocycles. The quantitative estimate of drug-likeness (QED) is 0.626. The van der Waals surface area contributed by atoms with Crippen molar-refractivity contribution in [2.75, 3.05) is 56.2 Å². The van der Waals surface area contributed by atoms with Crippen LogP contribution in [0.15, 0.2) is 39.4 Å². The van der Waals surface area contributed by atoms with Gasteiger partial charge in [0.1, 0.15) is 0 Å². The van der Waals surface area contributed by atoms with Crippen molar-refractivity contribution in [3.8, 4) is 0 Å². The molecule has 2 aliphatic heterocycles. The smallest absolute Gasteiger partial charge is 0.291 e. The first-order valence-electron chi connectivity index (χ1n) is 10.6. The van der Waals surface area contributed by atoms with Crippen molar-refractivity contribution in [2.24, 2.45) is 0 Å². The van der Waals surface area contributed by atoms with E-state index in [1.54, 1.807) is 17.0 Å². The highest BCUT2D eigenvalue weighted by molar-refractivity contribution is 9.10. The summed E-state index contributed by atoms with van der Waals surface area (Å²) in [6.07, 6.45) is 3.22. The van der Waals surface area contributed by atoms with E-state index in [0.29, 0.717) is 36.7 Å². The molecule has 1 N–H and O–H groups in total. The van der Waals surface area contributed by atoms with Gasteiger partial charge in [0.15, 0.2) is 10.4 Å². The molecule has 31 heavy (non-hydrogen) atoms. The van der Waals surface area contributed by atoms with Crippen molar-refractivity contribution >= 4 is 33.2 Å². The fourth-order valence-corrected chi connectivity index (χ4v) is 4.33. The molecule has 0 spiro atoms. The lowest BCUT2D eigenvalue weighted by Gasteiger charge is -2.32. The third kappa shape index (κ3) is 5.45. The lowest BCUT2D eigenvalue weighted by molar-refractivity contribution is -0.0616. The Hall–Kier alpha value is -1.97. The maximum absolute atomic E-state index is 15.1. The van der Waals surface area contributed by atoms with Gasteiger partial charge in [0.2, 0.25) is 0 Å². The Morgan fingerprint density at radius 2 is 1.81 bits per heavy atom. The van der Waals surface area contributed by atoms with Crippen LogP contribution in [0.3, 0.4) is 0 Å². The van der Waals surface area contributed by atoms with Gasteiger partial charge in [-0.25, -0.2) is 0 Å². The van der Waals surface area contributed by atoms with Gasteiger partial charge in [0.25, 0.3) is 11.8 Å². The van der Waals surface area contributed by atoms with Gasteiger partial charge < -0.3 is 19.4 Å². The van der Waals surface area contributed by atoms with E-state index in [-0.39, 0.29) is 17.9 Å². The molecule has 2 fully saturated rings. The van der Waals surface area contributed by atoms with Crippen LogP contribution in [0.4, 0.5) is 20.2 Å². The third-order valence-electron chi connectivity index (χ3n) is 5.69. The second kappa shape index (κ2) is 9.67. The normalized spacial score (nSPS) is 18.2. The van der Waals surface area contributed by atoms with Crippen LogP contribution in [0.1, 0.15) is 35.4 Å². The summed E-state index contributed by atoms with van der Waals surface area (Å²) in [6, 6.07) is 7.73. The Bertz CT molecular complexity index is 909. The molecular weight excluding hydrogens is 472 g/mol. The molecule has 0 aliphatic carbocycles. The van der Waals surface area contributed by atoms with Crippen LogP contribution >= 0.6 is 15.9 Å². The number of benzene rings is 1. The lowest BCUT2D eigenvalue weighted by atomic mass is 10.0. The van der Waals surface area contributed by atoms with E-state index in [4.69, 9.17) is 9.15 Å². The highest BCUT2D eigenvalue weighted by Gasteiger charge is 2.35. The summed E-state index contributed by atoms with van der Waals surface area (Å²) >= 11 is 3.18. The number of morpholine rings is 1. The Morgan fingerprint density at radius 1 is 1.06 bits per heavy atom. The van der Waals surface area contributed by atoms with Crippen LogP contribution in [-0.4, -0.2) is 56.7 Å². The number of alkyl halides is 2. The Morgan fingerprint density at radius 3 is 2.48 bits per heavy atom. The maximum Gasteiger partial charge on any atom is 0.291 e. The zero-order chi connectivity index (χ0) is 21.8. The van der Waals surface area contributed by atoms with E-state index < -0.39 is 11.8 Å². The maximum atomic E-state index is 15.1. The van der Waals surface area contributed by atoms with Gasteiger partial charge in [-0.15, -0.1) is 0 Å². The zero-order valence-corrected chi connectivity index (χ0v) is 18.8. The number of furan rings is 1. The predicted octanol–water partition coefficient (Wildman–Crippen LogP) is 4.71. The summed E-state index contributed by atoms with van der Waals surface area (Å²) in [5.74, 6) is -3.41. The molecule has 3 heterocycles. The molecule has 0 bridgehead atoms. The van der Waals surface area contributed by atoms with Crippen molar-refractivity contribution in [3.63, 3.8) is 0 Å². The summed E-state index contributed by atoms with van der Waals surface area (Å²) in [7, 11) is 0. The molecule has 1 amide bonds. The number of ether oxygens (including phenoxy) is 1. The largest absolute Gasteiger partial charge is 0.444 e. The second-order valence-electron chi connectivity index (χ2n) is 7.93. The molecule has 0 atom stereocenters. The highest BCUT2D eigenvalue weighted by atomic mass is 79.9. The van der Waals surface area contributed by atoms with Crippen LogP contribution in [0.25, 0.3) is 0 Å². The number of nitrogens with one attached hydrogen (secondary N) is 1. The van der Waals surface area contributed by atoms with Crippen molar-refractivity contribution in [2.45, 2.75) is 25.2 Å². The number of amides is 1. The second-order valence-corrected chi connectivity index (χ2v) is 8.71. The Balaban J connectivity index is 1.61. The number of carbonyl (C=O) groups excluding carboxylic acids is 1. The lowest BCUT2D eigenvalue weighted by Crippen LogP contribution is -2.42. The van der Waals surface area contributed by atoms with Crippen LogP contribution in [0, 0.1) is 0 Å². The number of nitrogens with zero attached hydrogens (tertiary/aromatic N) is 2. The van der Waals surface area contributed by atoms with Crippen molar-refractivity contribution in [1.82, 2.24) is 4.90 Å². The number of halogens is 3. The molecule has 4 rings (SSSR count). The van der Waals surface area contributed by atoms with Gasteiger partial charge in [0, 0.05) is 31.7 Å². The minimum Gasteiger partial charge on any atom is -0.444 e. The first kappa shape index (κ1) is 22.2. The standard InChI is InChI=1S/C22H26BrF2N3O3/c23-20-7-6-19(31-20)21(29)26-17-14-16(4-5-18(17)28-8-2-1-3-9-28)22(24,25)15-27-10-12-30-13-11-27/h4-7,14H,1-3,8-13,15H2,(H,26,29). The van der Waals surface area contributed by atoms with Gasteiger partial charge in [-0.1, -0.05) is 6.07 Å². The molecule has 2 aromatic rings. The topological polar surface area (TPSA) is 58.0 Å². The SMILES string of the molecule is O=C(Nc1cc(C(F)(F)CN2CCOCC2)ccc1N1CCCCC1)c1ccc(Br)o1. The molecule has 0 radical (unpaired) electrons. The predicted molar refractivity (Wildman–Crippen MR) is 118 cm³/mol. The Kier molecular flexibility index (Phi) is 6.93. The van der Waals surface area contributed by atoms with Crippen LogP contribution < -0.4 is 10.2 Å².